The number of hydrogen-bond acceptors (Lipinski definition) is 4. The summed E-state index contributed by atoms with van der Waals surface area (Å²) in [4.78, 5) is 2.21. The maximum atomic E-state index is 9.09. The van der Waals surface area contributed by atoms with Gasteiger partial charge in [0.1, 0.15) is 0 Å². The number of aliphatic hydroxyl groups excluding tert-OH is 1. The van der Waals surface area contributed by atoms with Crippen LogP contribution in [0.3, 0.4) is 0 Å². The average Bonchev–Trinajstić information content (AvgIpc) is 2.47. The van der Waals surface area contributed by atoms with Gasteiger partial charge in [-0.25, -0.2) is 0 Å². The Kier molecular flexibility index (Phi) is 8.82. The number of aliphatic hydroxyl groups is 1. The molecule has 20 heavy (non-hydrogen) atoms. The first kappa shape index (κ1) is 17.4. The van der Waals surface area contributed by atoms with E-state index < -0.39 is 0 Å². The van der Waals surface area contributed by atoms with Crippen molar-refractivity contribution in [3.05, 3.63) is 34.9 Å². The van der Waals surface area contributed by atoms with E-state index in [4.69, 9.17) is 21.4 Å². The molecule has 1 atom stereocenters. The van der Waals surface area contributed by atoms with Crippen molar-refractivity contribution in [2.75, 3.05) is 47.0 Å². The van der Waals surface area contributed by atoms with E-state index in [1.807, 2.05) is 19.2 Å². The summed E-state index contributed by atoms with van der Waals surface area (Å²) in [6, 6.07) is 8.22. The zero-order valence-corrected chi connectivity index (χ0v) is 13.1. The fourth-order valence-electron chi connectivity index (χ4n) is 2.18. The molecule has 0 fully saturated rings. The van der Waals surface area contributed by atoms with Crippen molar-refractivity contribution in [1.29, 1.82) is 0 Å². The molecule has 0 spiro atoms. The number of nitrogens with zero attached hydrogens (tertiary/aromatic N) is 1. The second kappa shape index (κ2) is 10.1. The molecule has 0 aromatic heterocycles. The molecule has 0 aliphatic rings. The minimum atomic E-state index is 0.175. The monoisotopic (exact) mass is 300 g/mol. The predicted molar refractivity (Wildman–Crippen MR) is 83.3 cm³/mol. The van der Waals surface area contributed by atoms with E-state index in [-0.39, 0.29) is 12.6 Å². The third-order valence-electron chi connectivity index (χ3n) is 3.38. The lowest BCUT2D eigenvalue weighted by molar-refractivity contribution is 0.128. The van der Waals surface area contributed by atoms with Crippen LogP contribution < -0.4 is 5.32 Å². The third-order valence-corrected chi connectivity index (χ3v) is 3.63. The van der Waals surface area contributed by atoms with E-state index in [1.54, 1.807) is 7.11 Å². The second-order valence-electron chi connectivity index (χ2n) is 4.74. The fourth-order valence-corrected chi connectivity index (χ4v) is 2.31. The van der Waals surface area contributed by atoms with Crippen molar-refractivity contribution in [2.45, 2.75) is 12.5 Å². The molecular weight excluding hydrogens is 276 g/mol. The van der Waals surface area contributed by atoms with Gasteiger partial charge in [0, 0.05) is 37.8 Å². The number of methoxy groups -OCH3 is 1. The van der Waals surface area contributed by atoms with Crippen LogP contribution in [0, 0.1) is 0 Å². The summed E-state index contributed by atoms with van der Waals surface area (Å²) in [5, 5.41) is 13.2. The Morgan fingerprint density at radius 2 is 1.95 bits per heavy atom. The molecule has 1 aromatic carbocycles. The molecule has 0 heterocycles. The molecule has 0 amide bonds. The smallest absolute Gasteiger partial charge is 0.0589 e. The Morgan fingerprint density at radius 1 is 1.25 bits per heavy atom. The highest BCUT2D eigenvalue weighted by Gasteiger charge is 2.12. The fraction of sp³-hybridized carbons (Fsp3) is 0.600. The topological polar surface area (TPSA) is 44.7 Å². The van der Waals surface area contributed by atoms with E-state index in [2.05, 4.69) is 22.3 Å². The van der Waals surface area contributed by atoms with Crippen molar-refractivity contribution in [3.8, 4) is 0 Å². The predicted octanol–water partition coefficient (Wildman–Crippen LogP) is 1.93. The normalized spacial score (nSPS) is 12.8. The summed E-state index contributed by atoms with van der Waals surface area (Å²) in [7, 11) is 3.66. The zero-order chi connectivity index (χ0) is 14.8. The standard InChI is InChI=1S/C15H25ClN2O2/c1-17-15(13-3-5-14(16)6-4-13)7-8-18(9-11-19)10-12-20-2/h3-6,15,17,19H,7-12H2,1-2H3. The highest BCUT2D eigenvalue weighted by Crippen LogP contribution is 2.19. The highest BCUT2D eigenvalue weighted by atomic mass is 35.5. The molecule has 4 nitrogen and oxygen atoms in total. The Hall–Kier alpha value is -0.650. The number of hydrogen-bond donors (Lipinski definition) is 2. The van der Waals surface area contributed by atoms with E-state index >= 15 is 0 Å². The van der Waals surface area contributed by atoms with Gasteiger partial charge in [-0.2, -0.15) is 0 Å². The van der Waals surface area contributed by atoms with Crippen molar-refractivity contribution in [3.63, 3.8) is 0 Å². The van der Waals surface area contributed by atoms with Crippen molar-refractivity contribution < 1.29 is 9.84 Å². The minimum Gasteiger partial charge on any atom is -0.395 e. The second-order valence-corrected chi connectivity index (χ2v) is 5.18. The Balaban J connectivity index is 2.51. The third kappa shape index (κ3) is 6.20. The molecule has 1 rings (SSSR count). The van der Waals surface area contributed by atoms with Crippen molar-refractivity contribution in [1.82, 2.24) is 10.2 Å². The quantitative estimate of drug-likeness (QED) is 0.693. The highest BCUT2D eigenvalue weighted by molar-refractivity contribution is 6.30. The van der Waals surface area contributed by atoms with Gasteiger partial charge in [-0.1, -0.05) is 23.7 Å². The Bertz CT molecular complexity index is 359. The molecule has 2 N–H and O–H groups in total. The maximum absolute atomic E-state index is 9.09. The molecule has 0 saturated carbocycles. The van der Waals surface area contributed by atoms with Crippen molar-refractivity contribution >= 4 is 11.6 Å². The first-order valence-electron chi connectivity index (χ1n) is 6.96. The van der Waals surface area contributed by atoms with Crippen LogP contribution in [0.1, 0.15) is 18.0 Å². The summed E-state index contributed by atoms with van der Waals surface area (Å²) in [6.45, 7) is 3.30. The molecule has 1 unspecified atom stereocenters. The summed E-state index contributed by atoms with van der Waals surface area (Å²) < 4.78 is 5.10. The summed E-state index contributed by atoms with van der Waals surface area (Å²) >= 11 is 5.92. The minimum absolute atomic E-state index is 0.175. The molecule has 114 valence electrons. The molecule has 0 saturated heterocycles. The Morgan fingerprint density at radius 3 is 2.50 bits per heavy atom. The van der Waals surface area contributed by atoms with Crippen LogP contribution in [0.5, 0.6) is 0 Å². The molecule has 5 heteroatoms. The maximum Gasteiger partial charge on any atom is 0.0589 e. The van der Waals surface area contributed by atoms with Gasteiger partial charge in [0.15, 0.2) is 0 Å². The lowest BCUT2D eigenvalue weighted by Gasteiger charge is -2.24. The lowest BCUT2D eigenvalue weighted by atomic mass is 10.0. The van der Waals surface area contributed by atoms with Gasteiger partial charge >= 0.3 is 0 Å². The molecule has 0 aliphatic heterocycles. The van der Waals surface area contributed by atoms with Gasteiger partial charge in [0.25, 0.3) is 0 Å². The van der Waals surface area contributed by atoms with Crippen LogP contribution in [0.15, 0.2) is 24.3 Å². The lowest BCUT2D eigenvalue weighted by Crippen LogP contribution is -2.33. The number of rotatable bonds is 10. The average molecular weight is 301 g/mol. The summed E-state index contributed by atoms with van der Waals surface area (Å²) in [6.07, 6.45) is 0.974. The zero-order valence-electron chi connectivity index (χ0n) is 12.3. The van der Waals surface area contributed by atoms with Crippen LogP contribution in [-0.2, 0) is 4.74 Å². The van der Waals surface area contributed by atoms with Gasteiger partial charge in [-0.3, -0.25) is 4.90 Å². The van der Waals surface area contributed by atoms with Gasteiger partial charge in [0.2, 0.25) is 0 Å². The molecule has 0 bridgehead atoms. The first-order valence-corrected chi connectivity index (χ1v) is 7.34. The summed E-state index contributed by atoms with van der Waals surface area (Å²) in [5.41, 5.74) is 1.23. The van der Waals surface area contributed by atoms with Gasteiger partial charge < -0.3 is 15.2 Å². The van der Waals surface area contributed by atoms with E-state index in [1.165, 1.54) is 5.56 Å². The largest absolute Gasteiger partial charge is 0.395 e. The van der Waals surface area contributed by atoms with E-state index in [0.717, 1.165) is 24.5 Å². The molecule has 0 aliphatic carbocycles. The number of ether oxygens (including phenoxy) is 1. The van der Waals surface area contributed by atoms with Gasteiger partial charge in [0.05, 0.1) is 13.2 Å². The van der Waals surface area contributed by atoms with Gasteiger partial charge in [-0.05, 0) is 31.2 Å². The van der Waals surface area contributed by atoms with E-state index in [9.17, 15) is 0 Å². The Labute approximate surface area is 126 Å². The molecule has 1 aromatic rings. The van der Waals surface area contributed by atoms with Crippen LogP contribution >= 0.6 is 11.6 Å². The van der Waals surface area contributed by atoms with Crippen molar-refractivity contribution in [2.24, 2.45) is 0 Å². The van der Waals surface area contributed by atoms with Crippen LogP contribution in [0.4, 0.5) is 0 Å². The summed E-state index contributed by atoms with van der Waals surface area (Å²) in [5.74, 6) is 0. The number of benzene rings is 1. The molecule has 0 radical (unpaired) electrons. The molecular formula is C15H25ClN2O2. The van der Waals surface area contributed by atoms with Gasteiger partial charge in [-0.15, -0.1) is 0 Å². The van der Waals surface area contributed by atoms with E-state index in [0.29, 0.717) is 13.2 Å². The SMILES string of the molecule is CNC(CCN(CCO)CCOC)c1ccc(Cl)cc1. The number of nitrogens with one attached hydrogen (secondary N) is 1. The van der Waals surface area contributed by atoms with Crippen LogP contribution in [0.25, 0.3) is 0 Å². The van der Waals surface area contributed by atoms with Crippen LogP contribution in [-0.4, -0.2) is 57.0 Å². The number of halogens is 1. The first-order chi connectivity index (χ1) is 9.71. The van der Waals surface area contributed by atoms with Crippen LogP contribution in [0.2, 0.25) is 5.02 Å².